The number of rotatable bonds is 5. The van der Waals surface area contributed by atoms with Gasteiger partial charge in [-0.05, 0) is 37.1 Å². The second-order valence-corrected chi connectivity index (χ2v) is 7.44. The van der Waals surface area contributed by atoms with E-state index in [2.05, 4.69) is 25.8 Å². The Balaban J connectivity index is 1.45. The van der Waals surface area contributed by atoms with Gasteiger partial charge in [0.05, 0.1) is 17.6 Å². The van der Waals surface area contributed by atoms with Crippen LogP contribution in [-0.4, -0.2) is 22.3 Å². The van der Waals surface area contributed by atoms with E-state index in [9.17, 15) is 4.39 Å². The minimum Gasteiger partial charge on any atom is -0.346 e. The van der Waals surface area contributed by atoms with Crippen molar-refractivity contribution < 1.29 is 4.39 Å². The van der Waals surface area contributed by atoms with Gasteiger partial charge in [-0.15, -0.1) is 0 Å². The second kappa shape index (κ2) is 7.58. The number of anilines is 5. The third-order valence-electron chi connectivity index (χ3n) is 5.50. The molecule has 0 bridgehead atoms. The highest BCUT2D eigenvalue weighted by atomic mass is 19.1. The van der Waals surface area contributed by atoms with Gasteiger partial charge < -0.3 is 20.9 Å². The Morgan fingerprint density at radius 1 is 1.00 bits per heavy atom. The maximum absolute atomic E-state index is 14.2. The van der Waals surface area contributed by atoms with Crippen LogP contribution in [0.1, 0.15) is 25.7 Å². The zero-order chi connectivity index (χ0) is 19.6. The molecule has 1 aromatic heterocycles. The van der Waals surface area contributed by atoms with E-state index in [0.29, 0.717) is 17.7 Å². The molecule has 1 atom stereocenters. The molecule has 7 heteroatoms. The average Bonchev–Trinajstić information content (AvgIpc) is 3.37. The fraction of sp³-hybridized carbons (Fsp3) is 0.273. The summed E-state index contributed by atoms with van der Waals surface area (Å²) in [5.74, 6) is 1.12. The van der Waals surface area contributed by atoms with Crippen molar-refractivity contribution in [1.82, 2.24) is 9.97 Å². The highest BCUT2D eigenvalue weighted by Crippen LogP contribution is 2.39. The Morgan fingerprint density at radius 3 is 2.55 bits per heavy atom. The molecule has 0 radical (unpaired) electrons. The lowest BCUT2D eigenvalue weighted by Crippen LogP contribution is -2.47. The van der Waals surface area contributed by atoms with Gasteiger partial charge in [-0.25, -0.2) is 9.37 Å². The minimum absolute atomic E-state index is 0.269. The molecule has 1 saturated carbocycles. The molecule has 148 valence electrons. The molecule has 5 rings (SSSR count). The monoisotopic (exact) mass is 390 g/mol. The third-order valence-corrected chi connectivity index (χ3v) is 5.50. The first-order valence-electron chi connectivity index (χ1n) is 10.0. The topological polar surface area (TPSA) is 65.1 Å². The number of nitrogens with one attached hydrogen (secondary N) is 3. The van der Waals surface area contributed by atoms with Gasteiger partial charge in [-0.1, -0.05) is 43.2 Å². The van der Waals surface area contributed by atoms with Crippen molar-refractivity contribution in [1.29, 1.82) is 0 Å². The van der Waals surface area contributed by atoms with Crippen LogP contribution in [0.15, 0.2) is 60.8 Å². The van der Waals surface area contributed by atoms with E-state index < -0.39 is 0 Å². The third kappa shape index (κ3) is 3.55. The number of para-hydroxylation sites is 2. The summed E-state index contributed by atoms with van der Waals surface area (Å²) in [6, 6.07) is 17.0. The van der Waals surface area contributed by atoms with E-state index in [0.717, 1.165) is 30.0 Å². The van der Waals surface area contributed by atoms with Crippen LogP contribution < -0.4 is 20.9 Å². The normalized spacial score (nSPS) is 18.4. The van der Waals surface area contributed by atoms with Crippen molar-refractivity contribution in [2.24, 2.45) is 0 Å². The van der Waals surface area contributed by atoms with Crippen LogP contribution in [0.3, 0.4) is 0 Å². The SMILES string of the molecule is Fc1ccccc1NC1Nc2cnc(Nc3ccccc3)nc2N1C1CCCC1. The number of hydrogen-bond acceptors (Lipinski definition) is 6. The lowest BCUT2D eigenvalue weighted by Gasteiger charge is -2.32. The quantitative estimate of drug-likeness (QED) is 0.574. The maximum Gasteiger partial charge on any atom is 0.229 e. The van der Waals surface area contributed by atoms with Crippen molar-refractivity contribution in [2.75, 3.05) is 20.9 Å². The van der Waals surface area contributed by atoms with Crippen molar-refractivity contribution in [2.45, 2.75) is 38.0 Å². The fourth-order valence-electron chi connectivity index (χ4n) is 4.12. The highest BCUT2D eigenvalue weighted by Gasteiger charge is 2.37. The molecular weight excluding hydrogens is 367 g/mol. The highest BCUT2D eigenvalue weighted by molar-refractivity contribution is 5.75. The van der Waals surface area contributed by atoms with Gasteiger partial charge in [-0.2, -0.15) is 4.98 Å². The second-order valence-electron chi connectivity index (χ2n) is 7.44. The van der Waals surface area contributed by atoms with E-state index in [4.69, 9.17) is 4.98 Å². The van der Waals surface area contributed by atoms with Crippen LogP contribution in [0.25, 0.3) is 0 Å². The number of aromatic nitrogens is 2. The van der Waals surface area contributed by atoms with E-state index in [-0.39, 0.29) is 12.1 Å². The largest absolute Gasteiger partial charge is 0.346 e. The van der Waals surface area contributed by atoms with Gasteiger partial charge in [0.2, 0.25) is 5.95 Å². The van der Waals surface area contributed by atoms with Crippen LogP contribution in [0.2, 0.25) is 0 Å². The lowest BCUT2D eigenvalue weighted by molar-refractivity contribution is 0.571. The van der Waals surface area contributed by atoms with E-state index in [1.165, 1.54) is 18.9 Å². The standard InChI is InChI=1S/C22H23FN6/c23-17-12-6-7-13-18(17)26-22-27-19-14-24-21(25-15-8-2-1-3-9-15)28-20(19)29(22)16-10-4-5-11-16/h1-3,6-9,12-14,16,22,26-27H,4-5,10-11H2,(H,24,25,28). The summed E-state index contributed by atoms with van der Waals surface area (Å²) < 4.78 is 14.2. The zero-order valence-electron chi connectivity index (χ0n) is 16.0. The van der Waals surface area contributed by atoms with Crippen LogP contribution in [0, 0.1) is 5.82 Å². The summed E-state index contributed by atoms with van der Waals surface area (Å²) in [7, 11) is 0. The number of nitrogens with zero attached hydrogens (tertiary/aromatic N) is 3. The molecule has 1 aliphatic carbocycles. The minimum atomic E-state index is -0.272. The summed E-state index contributed by atoms with van der Waals surface area (Å²) in [5, 5.41) is 9.99. The Hall–Kier alpha value is -3.35. The van der Waals surface area contributed by atoms with Gasteiger partial charge in [-0.3, -0.25) is 0 Å². The van der Waals surface area contributed by atoms with Crippen LogP contribution in [0.4, 0.5) is 33.2 Å². The van der Waals surface area contributed by atoms with Crippen molar-refractivity contribution in [3.05, 3.63) is 66.6 Å². The van der Waals surface area contributed by atoms with Crippen molar-refractivity contribution in [3.63, 3.8) is 0 Å². The van der Waals surface area contributed by atoms with Gasteiger partial charge in [0, 0.05) is 11.7 Å². The molecule has 3 N–H and O–H groups in total. The summed E-state index contributed by atoms with van der Waals surface area (Å²) in [6.07, 6.45) is 6.11. The lowest BCUT2D eigenvalue weighted by atomic mass is 10.2. The zero-order valence-corrected chi connectivity index (χ0v) is 16.0. The van der Waals surface area contributed by atoms with Gasteiger partial charge in [0.15, 0.2) is 12.1 Å². The fourth-order valence-corrected chi connectivity index (χ4v) is 4.12. The smallest absolute Gasteiger partial charge is 0.229 e. The van der Waals surface area contributed by atoms with Crippen LogP contribution >= 0.6 is 0 Å². The molecule has 0 saturated heterocycles. The molecule has 1 unspecified atom stereocenters. The van der Waals surface area contributed by atoms with Crippen molar-refractivity contribution >= 4 is 28.8 Å². The number of halogens is 1. The van der Waals surface area contributed by atoms with E-state index >= 15 is 0 Å². The van der Waals surface area contributed by atoms with Gasteiger partial charge in [0.1, 0.15) is 5.82 Å². The molecule has 1 fully saturated rings. The molecular formula is C22H23FN6. The predicted octanol–water partition coefficient (Wildman–Crippen LogP) is 4.93. The molecule has 29 heavy (non-hydrogen) atoms. The molecule has 0 amide bonds. The van der Waals surface area contributed by atoms with Crippen LogP contribution in [-0.2, 0) is 0 Å². The molecule has 2 aliphatic rings. The number of fused-ring (bicyclic) bond motifs is 1. The Morgan fingerprint density at radius 2 is 1.76 bits per heavy atom. The number of hydrogen-bond donors (Lipinski definition) is 3. The summed E-state index contributed by atoms with van der Waals surface area (Å²) in [4.78, 5) is 11.5. The maximum atomic E-state index is 14.2. The molecule has 0 spiro atoms. The van der Waals surface area contributed by atoms with Gasteiger partial charge >= 0.3 is 0 Å². The first kappa shape index (κ1) is 17.7. The average molecular weight is 390 g/mol. The van der Waals surface area contributed by atoms with Gasteiger partial charge in [0.25, 0.3) is 0 Å². The molecule has 2 aromatic carbocycles. The summed E-state index contributed by atoms with van der Waals surface area (Å²) >= 11 is 0. The van der Waals surface area contributed by atoms with E-state index in [1.54, 1.807) is 18.3 Å². The molecule has 2 heterocycles. The molecule has 1 aliphatic heterocycles. The number of benzene rings is 2. The first-order valence-corrected chi connectivity index (χ1v) is 10.0. The van der Waals surface area contributed by atoms with Crippen molar-refractivity contribution in [3.8, 4) is 0 Å². The first-order chi connectivity index (χ1) is 14.3. The summed E-state index contributed by atoms with van der Waals surface area (Å²) in [6.45, 7) is 0. The van der Waals surface area contributed by atoms with Crippen LogP contribution in [0.5, 0.6) is 0 Å². The Bertz CT molecular complexity index is 990. The molecule has 6 nitrogen and oxygen atoms in total. The molecule has 3 aromatic rings. The van der Waals surface area contributed by atoms with E-state index in [1.807, 2.05) is 36.4 Å². The predicted molar refractivity (Wildman–Crippen MR) is 114 cm³/mol. The Labute approximate surface area is 169 Å². The Kier molecular flexibility index (Phi) is 4.63. The summed E-state index contributed by atoms with van der Waals surface area (Å²) in [5.41, 5.74) is 2.26.